The number of nitrogens with one attached hydrogen (secondary N) is 1. The number of ether oxygens (including phenoxy) is 2. The minimum atomic E-state index is 0.0496. The summed E-state index contributed by atoms with van der Waals surface area (Å²) in [7, 11) is 7.54. The van der Waals surface area contributed by atoms with Gasteiger partial charge in [0.1, 0.15) is 0 Å². The van der Waals surface area contributed by atoms with Crippen LogP contribution in [0.25, 0.3) is 0 Å². The first kappa shape index (κ1) is 21.4. The van der Waals surface area contributed by atoms with Gasteiger partial charge in [-0.2, -0.15) is 0 Å². The molecule has 0 saturated heterocycles. The number of rotatable bonds is 7. The zero-order chi connectivity index (χ0) is 20.8. The lowest BCUT2D eigenvalue weighted by Crippen LogP contribution is -2.46. The largest absolute Gasteiger partial charge is 0.493 e. The molecular formula is C23H31N3O2S. The molecule has 0 aromatic heterocycles. The van der Waals surface area contributed by atoms with Gasteiger partial charge in [0.15, 0.2) is 16.6 Å². The molecule has 1 N–H and O–H groups in total. The third kappa shape index (κ3) is 5.00. The Morgan fingerprint density at radius 2 is 1.83 bits per heavy atom. The van der Waals surface area contributed by atoms with Crippen LogP contribution in [0.3, 0.4) is 0 Å². The van der Waals surface area contributed by atoms with Gasteiger partial charge in [-0.25, -0.2) is 0 Å². The van der Waals surface area contributed by atoms with Gasteiger partial charge in [0.25, 0.3) is 0 Å². The van der Waals surface area contributed by atoms with E-state index < -0.39 is 0 Å². The van der Waals surface area contributed by atoms with Gasteiger partial charge in [-0.15, -0.1) is 0 Å². The number of benzene rings is 2. The van der Waals surface area contributed by atoms with E-state index in [1.807, 2.05) is 6.07 Å². The summed E-state index contributed by atoms with van der Waals surface area (Å²) in [5, 5.41) is 4.27. The predicted molar refractivity (Wildman–Crippen MR) is 122 cm³/mol. The SMILES string of the molecule is COc1cc2c(cc1OC)[C@@H](c1ccccc1)N(C(=S)NCCCN(C)C)CC2. The average molecular weight is 414 g/mol. The molecule has 1 aliphatic rings. The summed E-state index contributed by atoms with van der Waals surface area (Å²) in [4.78, 5) is 4.49. The molecule has 2 aromatic carbocycles. The Morgan fingerprint density at radius 3 is 2.48 bits per heavy atom. The van der Waals surface area contributed by atoms with Crippen molar-refractivity contribution < 1.29 is 9.47 Å². The molecule has 0 fully saturated rings. The van der Waals surface area contributed by atoms with Crippen molar-refractivity contribution in [1.29, 1.82) is 0 Å². The van der Waals surface area contributed by atoms with Crippen molar-refractivity contribution in [3.8, 4) is 11.5 Å². The summed E-state index contributed by atoms with van der Waals surface area (Å²) >= 11 is 5.81. The first-order chi connectivity index (χ1) is 14.0. The van der Waals surface area contributed by atoms with E-state index in [1.165, 1.54) is 16.7 Å². The van der Waals surface area contributed by atoms with Crippen LogP contribution >= 0.6 is 12.2 Å². The van der Waals surface area contributed by atoms with Crippen molar-refractivity contribution >= 4 is 17.3 Å². The van der Waals surface area contributed by atoms with Gasteiger partial charge in [-0.05, 0) is 74.5 Å². The highest BCUT2D eigenvalue weighted by Gasteiger charge is 2.31. The van der Waals surface area contributed by atoms with Crippen LogP contribution in [0.1, 0.15) is 29.2 Å². The van der Waals surface area contributed by atoms with Crippen LogP contribution in [0.15, 0.2) is 42.5 Å². The lowest BCUT2D eigenvalue weighted by atomic mass is 9.88. The minimum Gasteiger partial charge on any atom is -0.493 e. The molecule has 0 radical (unpaired) electrons. The molecule has 0 bridgehead atoms. The van der Waals surface area contributed by atoms with Crippen LogP contribution in [-0.4, -0.2) is 62.9 Å². The molecule has 2 aromatic rings. The van der Waals surface area contributed by atoms with Crippen LogP contribution in [0.4, 0.5) is 0 Å². The van der Waals surface area contributed by atoms with Gasteiger partial charge >= 0.3 is 0 Å². The van der Waals surface area contributed by atoms with E-state index in [0.717, 1.165) is 49.1 Å². The summed E-state index contributed by atoms with van der Waals surface area (Å²) in [6.07, 6.45) is 1.97. The molecular weight excluding hydrogens is 382 g/mol. The van der Waals surface area contributed by atoms with E-state index in [4.69, 9.17) is 21.7 Å². The van der Waals surface area contributed by atoms with Crippen molar-refractivity contribution in [3.63, 3.8) is 0 Å². The number of hydrogen-bond acceptors (Lipinski definition) is 4. The predicted octanol–water partition coefficient (Wildman–Crippen LogP) is 3.48. The summed E-state index contributed by atoms with van der Waals surface area (Å²) in [5.41, 5.74) is 3.72. The topological polar surface area (TPSA) is 37.0 Å². The van der Waals surface area contributed by atoms with E-state index in [2.05, 4.69) is 65.6 Å². The van der Waals surface area contributed by atoms with E-state index in [-0.39, 0.29) is 6.04 Å². The Bertz CT molecular complexity index is 826. The monoisotopic (exact) mass is 413 g/mol. The van der Waals surface area contributed by atoms with Crippen LogP contribution in [-0.2, 0) is 6.42 Å². The molecule has 1 aliphatic heterocycles. The number of nitrogens with zero attached hydrogens (tertiary/aromatic N) is 2. The van der Waals surface area contributed by atoms with Crippen LogP contribution < -0.4 is 14.8 Å². The second-order valence-corrected chi connectivity index (χ2v) is 7.94. The van der Waals surface area contributed by atoms with E-state index >= 15 is 0 Å². The standard InChI is InChI=1S/C23H31N3O2S/c1-25(2)13-8-12-24-23(29)26-14-11-18-15-20(27-3)21(28-4)16-19(18)22(26)17-9-6-5-7-10-17/h5-7,9-10,15-16,22H,8,11-14H2,1-4H3,(H,24,29)/t22-/m1/s1. The fraction of sp³-hybridized carbons (Fsp3) is 0.435. The van der Waals surface area contributed by atoms with Crippen molar-refractivity contribution in [2.45, 2.75) is 18.9 Å². The fourth-order valence-electron chi connectivity index (χ4n) is 3.85. The van der Waals surface area contributed by atoms with Crippen molar-refractivity contribution in [2.24, 2.45) is 0 Å². The lowest BCUT2D eigenvalue weighted by molar-refractivity contribution is 0.323. The first-order valence-electron chi connectivity index (χ1n) is 10.0. The molecule has 29 heavy (non-hydrogen) atoms. The molecule has 5 nitrogen and oxygen atoms in total. The Kier molecular flexibility index (Phi) is 7.34. The lowest BCUT2D eigenvalue weighted by Gasteiger charge is -2.40. The molecule has 156 valence electrons. The van der Waals surface area contributed by atoms with E-state index in [9.17, 15) is 0 Å². The summed E-state index contributed by atoms with van der Waals surface area (Å²) in [5.74, 6) is 1.52. The zero-order valence-corrected chi connectivity index (χ0v) is 18.6. The van der Waals surface area contributed by atoms with Gasteiger partial charge in [0, 0.05) is 13.1 Å². The van der Waals surface area contributed by atoms with Crippen molar-refractivity contribution in [2.75, 3.05) is 47.9 Å². The number of methoxy groups -OCH3 is 2. The molecule has 0 spiro atoms. The van der Waals surface area contributed by atoms with Gasteiger partial charge < -0.3 is 24.6 Å². The third-order valence-corrected chi connectivity index (χ3v) is 5.69. The molecule has 1 atom stereocenters. The van der Waals surface area contributed by atoms with Crippen LogP contribution in [0.2, 0.25) is 0 Å². The molecule has 0 amide bonds. The minimum absolute atomic E-state index is 0.0496. The Hall–Kier alpha value is -2.31. The Labute approximate surface area is 179 Å². The maximum Gasteiger partial charge on any atom is 0.169 e. The summed E-state index contributed by atoms with van der Waals surface area (Å²) in [6.45, 7) is 2.77. The first-order valence-corrected chi connectivity index (χ1v) is 10.4. The molecule has 0 unspecified atom stereocenters. The molecule has 0 aliphatic carbocycles. The van der Waals surface area contributed by atoms with Crippen LogP contribution in [0.5, 0.6) is 11.5 Å². The number of thiocarbonyl (C=S) groups is 1. The maximum atomic E-state index is 5.81. The zero-order valence-electron chi connectivity index (χ0n) is 17.8. The normalized spacial score (nSPS) is 15.8. The van der Waals surface area contributed by atoms with Gasteiger partial charge in [-0.3, -0.25) is 0 Å². The highest BCUT2D eigenvalue weighted by Crippen LogP contribution is 2.40. The van der Waals surface area contributed by atoms with E-state index in [0.29, 0.717) is 0 Å². The maximum absolute atomic E-state index is 5.81. The number of hydrogen-bond donors (Lipinski definition) is 1. The highest BCUT2D eigenvalue weighted by atomic mass is 32.1. The fourth-order valence-corrected chi connectivity index (χ4v) is 4.15. The highest BCUT2D eigenvalue weighted by molar-refractivity contribution is 7.80. The Balaban J connectivity index is 1.91. The smallest absolute Gasteiger partial charge is 0.169 e. The number of fused-ring (bicyclic) bond motifs is 1. The Morgan fingerprint density at radius 1 is 1.14 bits per heavy atom. The van der Waals surface area contributed by atoms with Gasteiger partial charge in [0.05, 0.1) is 20.3 Å². The van der Waals surface area contributed by atoms with Crippen LogP contribution in [0, 0.1) is 0 Å². The molecule has 1 heterocycles. The second kappa shape index (κ2) is 9.94. The quantitative estimate of drug-likeness (QED) is 0.553. The van der Waals surface area contributed by atoms with E-state index in [1.54, 1.807) is 14.2 Å². The molecule has 0 saturated carbocycles. The van der Waals surface area contributed by atoms with Crippen molar-refractivity contribution in [1.82, 2.24) is 15.1 Å². The van der Waals surface area contributed by atoms with Crippen molar-refractivity contribution in [3.05, 3.63) is 59.2 Å². The van der Waals surface area contributed by atoms with Gasteiger partial charge in [-0.1, -0.05) is 30.3 Å². The summed E-state index contributed by atoms with van der Waals surface area (Å²) < 4.78 is 11.1. The average Bonchev–Trinajstić information content (AvgIpc) is 2.75. The second-order valence-electron chi connectivity index (χ2n) is 7.55. The third-order valence-electron chi connectivity index (χ3n) is 5.31. The summed E-state index contributed by atoms with van der Waals surface area (Å²) in [6, 6.07) is 14.8. The molecule has 3 rings (SSSR count). The molecule has 6 heteroatoms. The van der Waals surface area contributed by atoms with Gasteiger partial charge in [0.2, 0.25) is 0 Å².